The maximum absolute atomic E-state index is 13.2. The number of pyridine rings is 1. The van der Waals surface area contributed by atoms with E-state index in [1.54, 1.807) is 9.58 Å². The van der Waals surface area contributed by atoms with Gasteiger partial charge in [0.15, 0.2) is 5.82 Å². The van der Waals surface area contributed by atoms with Crippen LogP contribution in [-0.2, 0) is 22.4 Å². The number of hydrogen-bond acceptors (Lipinski definition) is 6. The summed E-state index contributed by atoms with van der Waals surface area (Å²) in [6.07, 6.45) is 1.10. The van der Waals surface area contributed by atoms with Crippen LogP contribution < -0.4 is 10.2 Å². The number of aromatic nitrogens is 5. The van der Waals surface area contributed by atoms with Crippen molar-refractivity contribution in [3.63, 3.8) is 0 Å². The van der Waals surface area contributed by atoms with E-state index in [0.717, 1.165) is 27.8 Å². The second kappa shape index (κ2) is 9.27. The molecule has 1 aliphatic rings. The first-order valence-corrected chi connectivity index (χ1v) is 12.0. The minimum atomic E-state index is -0.330. The monoisotopic (exact) mass is 489 g/mol. The molecule has 9 nitrogen and oxygen atoms in total. The lowest BCUT2D eigenvalue weighted by atomic mass is 10.1. The van der Waals surface area contributed by atoms with E-state index in [1.165, 1.54) is 0 Å². The van der Waals surface area contributed by atoms with Crippen molar-refractivity contribution in [3.8, 4) is 5.69 Å². The largest absolute Gasteiger partial charge is 0.323 e. The molecule has 37 heavy (non-hydrogen) atoms. The van der Waals surface area contributed by atoms with Gasteiger partial charge in [0.05, 0.1) is 17.1 Å². The van der Waals surface area contributed by atoms with Crippen LogP contribution in [0.5, 0.6) is 0 Å². The summed E-state index contributed by atoms with van der Waals surface area (Å²) in [5.74, 6) is 0.0877. The van der Waals surface area contributed by atoms with Crippen LogP contribution in [0.1, 0.15) is 23.6 Å². The Hall–Kier alpha value is -4.92. The molecule has 0 unspecified atom stereocenters. The topological polar surface area (TPSA) is 106 Å². The quantitative estimate of drug-likeness (QED) is 0.369. The number of fused-ring (bicyclic) bond motifs is 3. The molecule has 0 fully saturated rings. The molecule has 0 radical (unpaired) electrons. The Bertz CT molecular complexity index is 1640. The molecule has 1 aliphatic heterocycles. The lowest BCUT2D eigenvalue weighted by Gasteiger charge is -2.23. The molecule has 0 atom stereocenters. The van der Waals surface area contributed by atoms with E-state index in [1.807, 2.05) is 85.8 Å². The zero-order chi connectivity index (χ0) is 25.4. The highest BCUT2D eigenvalue weighted by atomic mass is 16.2. The van der Waals surface area contributed by atoms with Gasteiger partial charge in [-0.05, 0) is 71.6 Å². The highest BCUT2D eigenvalue weighted by molar-refractivity contribution is 6.21. The molecule has 2 aromatic heterocycles. The number of amides is 2. The molecule has 0 bridgehead atoms. The van der Waals surface area contributed by atoms with Crippen LogP contribution in [0.25, 0.3) is 16.5 Å². The van der Waals surface area contributed by atoms with Gasteiger partial charge in [-0.2, -0.15) is 4.68 Å². The van der Waals surface area contributed by atoms with Crippen LogP contribution in [0.3, 0.4) is 0 Å². The van der Waals surface area contributed by atoms with Crippen LogP contribution in [-0.4, -0.2) is 37.0 Å². The highest BCUT2D eigenvalue weighted by Gasteiger charge is 2.28. The number of rotatable bonds is 5. The Balaban J connectivity index is 1.32. The van der Waals surface area contributed by atoms with E-state index in [0.29, 0.717) is 35.7 Å². The van der Waals surface area contributed by atoms with Gasteiger partial charge in [0, 0.05) is 28.9 Å². The molecule has 0 saturated carbocycles. The van der Waals surface area contributed by atoms with E-state index < -0.39 is 0 Å². The van der Waals surface area contributed by atoms with Crippen molar-refractivity contribution in [1.82, 2.24) is 25.2 Å². The molecule has 0 spiro atoms. The molecule has 1 N–H and O–H groups in total. The van der Waals surface area contributed by atoms with Crippen LogP contribution in [0, 0.1) is 6.92 Å². The van der Waals surface area contributed by atoms with Gasteiger partial charge < -0.3 is 5.32 Å². The molecule has 182 valence electrons. The van der Waals surface area contributed by atoms with Gasteiger partial charge in [-0.15, -0.1) is 5.10 Å². The van der Waals surface area contributed by atoms with Crippen LogP contribution >= 0.6 is 0 Å². The standard InChI is InChI=1S/C28H23N7O2/c1-18-5-4-7-20(29-18)10-16-25-31-32-33-35(25)22-13-11-21(12-14-22)34-24-15-9-19-6-2-3-8-23(19)28(24)30-26(36)17-27(34)37/h2-9,11-15H,10,16-17H2,1H3,(H,30,36). The van der Waals surface area contributed by atoms with E-state index in [2.05, 4.69) is 25.8 Å². The minimum Gasteiger partial charge on any atom is -0.323 e. The molecule has 9 heteroatoms. The van der Waals surface area contributed by atoms with Crippen molar-refractivity contribution in [2.24, 2.45) is 0 Å². The average Bonchev–Trinajstić information content (AvgIpc) is 3.33. The van der Waals surface area contributed by atoms with E-state index >= 15 is 0 Å². The van der Waals surface area contributed by atoms with Gasteiger partial charge >= 0.3 is 0 Å². The number of tetrazole rings is 1. The molecule has 0 saturated heterocycles. The van der Waals surface area contributed by atoms with Crippen molar-refractivity contribution in [2.75, 3.05) is 10.2 Å². The Morgan fingerprint density at radius 2 is 1.68 bits per heavy atom. The first-order valence-electron chi connectivity index (χ1n) is 12.0. The normalized spacial score (nSPS) is 13.4. The predicted molar refractivity (Wildman–Crippen MR) is 140 cm³/mol. The van der Waals surface area contributed by atoms with Crippen molar-refractivity contribution in [1.29, 1.82) is 0 Å². The zero-order valence-electron chi connectivity index (χ0n) is 20.1. The molecule has 2 amide bonds. The van der Waals surface area contributed by atoms with Crippen molar-refractivity contribution < 1.29 is 9.59 Å². The smallest absolute Gasteiger partial charge is 0.241 e. The summed E-state index contributed by atoms with van der Waals surface area (Å²) in [6.45, 7) is 1.97. The molecular formula is C28H23N7O2. The third-order valence-corrected chi connectivity index (χ3v) is 6.41. The molecule has 3 aromatic carbocycles. The Labute approximate surface area is 212 Å². The third kappa shape index (κ3) is 4.31. The number of nitrogens with one attached hydrogen (secondary N) is 1. The summed E-state index contributed by atoms with van der Waals surface area (Å²) in [4.78, 5) is 31.8. The van der Waals surface area contributed by atoms with Gasteiger partial charge in [0.2, 0.25) is 11.8 Å². The molecular weight excluding hydrogens is 466 g/mol. The number of aryl methyl sites for hydroxylation is 3. The minimum absolute atomic E-state index is 0.241. The first-order chi connectivity index (χ1) is 18.1. The highest BCUT2D eigenvalue weighted by Crippen LogP contribution is 2.40. The van der Waals surface area contributed by atoms with Crippen molar-refractivity contribution in [3.05, 3.63) is 96.1 Å². The van der Waals surface area contributed by atoms with Gasteiger partial charge in [-0.1, -0.05) is 36.4 Å². The van der Waals surface area contributed by atoms with Crippen molar-refractivity contribution >= 4 is 39.6 Å². The number of hydrogen-bond donors (Lipinski definition) is 1. The number of benzene rings is 3. The Kier molecular flexibility index (Phi) is 5.65. The fraction of sp³-hybridized carbons (Fsp3) is 0.143. The van der Waals surface area contributed by atoms with Gasteiger partial charge in [-0.3, -0.25) is 19.5 Å². The van der Waals surface area contributed by atoms with Gasteiger partial charge in [0.25, 0.3) is 0 Å². The molecule has 5 aromatic rings. The average molecular weight is 490 g/mol. The summed E-state index contributed by atoms with van der Waals surface area (Å²) < 4.78 is 1.69. The van der Waals surface area contributed by atoms with Crippen LogP contribution in [0.4, 0.5) is 17.1 Å². The third-order valence-electron chi connectivity index (χ3n) is 6.41. The maximum atomic E-state index is 13.2. The lowest BCUT2D eigenvalue weighted by molar-refractivity contribution is -0.124. The zero-order valence-corrected chi connectivity index (χ0v) is 20.1. The SMILES string of the molecule is Cc1cccc(CCc2nnnn2-c2ccc(N3C(=O)CC(=O)Nc4c3ccc3ccccc43)cc2)n1. The van der Waals surface area contributed by atoms with Crippen LogP contribution in [0.15, 0.2) is 78.9 Å². The van der Waals surface area contributed by atoms with Gasteiger partial charge in [-0.25, -0.2) is 0 Å². The van der Waals surface area contributed by atoms with E-state index in [9.17, 15) is 9.59 Å². The summed E-state index contributed by atoms with van der Waals surface area (Å²) >= 11 is 0. The number of nitrogens with zero attached hydrogens (tertiary/aromatic N) is 6. The molecule has 3 heterocycles. The molecule has 0 aliphatic carbocycles. The fourth-order valence-corrected chi connectivity index (χ4v) is 4.68. The number of anilines is 3. The summed E-state index contributed by atoms with van der Waals surface area (Å²) in [6, 6.07) is 25.0. The Morgan fingerprint density at radius 1 is 0.865 bits per heavy atom. The maximum Gasteiger partial charge on any atom is 0.241 e. The Morgan fingerprint density at radius 3 is 2.51 bits per heavy atom. The van der Waals surface area contributed by atoms with Crippen LogP contribution in [0.2, 0.25) is 0 Å². The molecule has 6 rings (SSSR count). The number of carbonyl (C=O) groups excluding carboxylic acids is 2. The summed E-state index contributed by atoms with van der Waals surface area (Å²) in [5.41, 5.74) is 4.65. The second-order valence-corrected chi connectivity index (χ2v) is 8.93. The fourth-order valence-electron chi connectivity index (χ4n) is 4.68. The van der Waals surface area contributed by atoms with E-state index in [4.69, 9.17) is 0 Å². The summed E-state index contributed by atoms with van der Waals surface area (Å²) in [7, 11) is 0. The van der Waals surface area contributed by atoms with Gasteiger partial charge in [0.1, 0.15) is 6.42 Å². The lowest BCUT2D eigenvalue weighted by Crippen LogP contribution is -2.26. The van der Waals surface area contributed by atoms with Crippen molar-refractivity contribution in [2.45, 2.75) is 26.2 Å². The van der Waals surface area contributed by atoms with E-state index in [-0.39, 0.29) is 18.2 Å². The summed E-state index contributed by atoms with van der Waals surface area (Å²) in [5, 5.41) is 17.0. The second-order valence-electron chi connectivity index (χ2n) is 8.93. The first kappa shape index (κ1) is 22.5. The number of carbonyl (C=O) groups is 2. The predicted octanol–water partition coefficient (Wildman–Crippen LogP) is 4.31.